The molecule has 0 saturated carbocycles. The second-order valence-corrected chi connectivity index (χ2v) is 5.30. The molecule has 112 valence electrons. The average molecular weight is 315 g/mol. The fourth-order valence-corrected chi connectivity index (χ4v) is 2.67. The fourth-order valence-electron chi connectivity index (χ4n) is 1.87. The molecule has 4 nitrogen and oxygen atoms in total. The van der Waals surface area contributed by atoms with Crippen LogP contribution in [-0.2, 0) is 19.1 Å². The van der Waals surface area contributed by atoms with Crippen molar-refractivity contribution in [2.75, 3.05) is 0 Å². The maximum atomic E-state index is 13.0. The van der Waals surface area contributed by atoms with Crippen molar-refractivity contribution < 1.29 is 18.0 Å². The van der Waals surface area contributed by atoms with E-state index < -0.39 is 17.6 Å². The van der Waals surface area contributed by atoms with Crippen LogP contribution in [0.5, 0.6) is 0 Å². The quantitative estimate of drug-likeness (QED) is 0.908. The predicted molar refractivity (Wildman–Crippen MR) is 72.8 cm³/mol. The van der Waals surface area contributed by atoms with Gasteiger partial charge < -0.3 is 11.5 Å². The summed E-state index contributed by atoms with van der Waals surface area (Å²) in [6, 6.07) is 3.78. The summed E-state index contributed by atoms with van der Waals surface area (Å²) in [5.41, 5.74) is 10.5. The molecule has 0 fully saturated rings. The van der Waals surface area contributed by atoms with Crippen LogP contribution in [0.1, 0.15) is 32.2 Å². The molecule has 0 aliphatic carbocycles. The van der Waals surface area contributed by atoms with E-state index >= 15 is 0 Å². The van der Waals surface area contributed by atoms with Crippen molar-refractivity contribution in [3.8, 4) is 0 Å². The number of carbonyl (C=O) groups is 1. The van der Waals surface area contributed by atoms with Gasteiger partial charge in [0.1, 0.15) is 5.69 Å². The number of halogens is 3. The average Bonchev–Trinajstić information content (AvgIpc) is 2.86. The van der Waals surface area contributed by atoms with Crippen LogP contribution in [0.3, 0.4) is 0 Å². The van der Waals surface area contributed by atoms with Crippen LogP contribution in [0, 0.1) is 0 Å². The third-order valence-electron chi connectivity index (χ3n) is 2.86. The summed E-state index contributed by atoms with van der Waals surface area (Å²) in [6.07, 6.45) is -4.48. The molecular weight excluding hydrogens is 303 g/mol. The second-order valence-electron chi connectivity index (χ2n) is 4.36. The van der Waals surface area contributed by atoms with Crippen LogP contribution in [0.25, 0.3) is 0 Å². The third-order valence-corrected chi connectivity index (χ3v) is 3.71. The van der Waals surface area contributed by atoms with Crippen LogP contribution in [-0.4, -0.2) is 10.9 Å². The predicted octanol–water partition coefficient (Wildman–Crippen LogP) is 2.31. The summed E-state index contributed by atoms with van der Waals surface area (Å²) >= 11 is 1.09. The van der Waals surface area contributed by atoms with E-state index in [-0.39, 0.29) is 24.2 Å². The monoisotopic (exact) mass is 315 g/mol. The lowest BCUT2D eigenvalue weighted by atomic mass is 10.0. The minimum atomic E-state index is -4.45. The van der Waals surface area contributed by atoms with Gasteiger partial charge in [-0.15, -0.1) is 11.3 Å². The van der Waals surface area contributed by atoms with E-state index in [1.165, 1.54) is 17.5 Å². The molecule has 0 spiro atoms. The first-order valence-corrected chi connectivity index (χ1v) is 6.82. The number of thiazole rings is 1. The lowest BCUT2D eigenvalue weighted by Crippen LogP contribution is -2.12. The van der Waals surface area contributed by atoms with E-state index in [4.69, 9.17) is 11.5 Å². The van der Waals surface area contributed by atoms with E-state index in [1.807, 2.05) is 0 Å². The lowest BCUT2D eigenvalue weighted by molar-refractivity contribution is -0.138. The number of aromatic nitrogens is 1. The van der Waals surface area contributed by atoms with E-state index in [1.54, 1.807) is 0 Å². The van der Waals surface area contributed by atoms with Gasteiger partial charge in [-0.05, 0) is 17.2 Å². The Labute approximate surface area is 122 Å². The zero-order chi connectivity index (χ0) is 15.6. The molecule has 1 aromatic carbocycles. The normalized spacial score (nSPS) is 11.6. The molecule has 2 rings (SSSR count). The van der Waals surface area contributed by atoms with E-state index in [0.717, 1.165) is 17.4 Å². The van der Waals surface area contributed by atoms with Crippen molar-refractivity contribution in [3.05, 3.63) is 51.0 Å². The first-order valence-electron chi connectivity index (χ1n) is 5.94. The maximum Gasteiger partial charge on any atom is 0.416 e. The van der Waals surface area contributed by atoms with Crippen molar-refractivity contribution in [1.82, 2.24) is 4.98 Å². The molecule has 1 amide bonds. The van der Waals surface area contributed by atoms with Gasteiger partial charge in [-0.25, -0.2) is 4.98 Å². The highest BCUT2D eigenvalue weighted by molar-refractivity contribution is 7.09. The molecule has 0 bridgehead atoms. The first kappa shape index (κ1) is 15.5. The van der Waals surface area contributed by atoms with E-state index in [2.05, 4.69) is 4.98 Å². The minimum absolute atomic E-state index is 0.0272. The largest absolute Gasteiger partial charge is 0.416 e. The van der Waals surface area contributed by atoms with Gasteiger partial charge in [0.15, 0.2) is 0 Å². The molecule has 0 radical (unpaired) electrons. The summed E-state index contributed by atoms with van der Waals surface area (Å²) in [4.78, 5) is 14.9. The van der Waals surface area contributed by atoms with Gasteiger partial charge in [-0.3, -0.25) is 4.79 Å². The van der Waals surface area contributed by atoms with Crippen LogP contribution in [0.4, 0.5) is 13.2 Å². The topological polar surface area (TPSA) is 82.0 Å². The van der Waals surface area contributed by atoms with E-state index in [0.29, 0.717) is 10.6 Å². The second kappa shape index (κ2) is 5.82. The number of hydrogen-bond donors (Lipinski definition) is 2. The lowest BCUT2D eigenvalue weighted by Gasteiger charge is -2.13. The van der Waals surface area contributed by atoms with Crippen LogP contribution in [0.15, 0.2) is 23.6 Å². The molecule has 4 N–H and O–H groups in total. The Morgan fingerprint density at radius 2 is 2.05 bits per heavy atom. The summed E-state index contributed by atoms with van der Waals surface area (Å²) in [7, 11) is 0. The molecule has 8 heteroatoms. The molecule has 1 heterocycles. The first-order chi connectivity index (χ1) is 9.81. The van der Waals surface area contributed by atoms with Gasteiger partial charge in [-0.2, -0.15) is 13.2 Å². The smallest absolute Gasteiger partial charge is 0.364 e. The molecule has 0 unspecified atom stereocenters. The molecule has 0 aliphatic rings. The van der Waals surface area contributed by atoms with Crippen molar-refractivity contribution >= 4 is 17.2 Å². The van der Waals surface area contributed by atoms with Crippen molar-refractivity contribution in [2.45, 2.75) is 19.1 Å². The van der Waals surface area contributed by atoms with Crippen molar-refractivity contribution in [1.29, 1.82) is 0 Å². The highest BCUT2D eigenvalue weighted by Crippen LogP contribution is 2.33. The number of benzene rings is 1. The summed E-state index contributed by atoms with van der Waals surface area (Å²) in [5, 5.41) is 1.82. The van der Waals surface area contributed by atoms with Gasteiger partial charge in [0, 0.05) is 18.3 Å². The van der Waals surface area contributed by atoms with Gasteiger partial charge >= 0.3 is 6.18 Å². The molecule has 21 heavy (non-hydrogen) atoms. The Balaban J connectivity index is 2.38. The number of carbonyl (C=O) groups excluding carboxylic acids is 1. The zero-order valence-corrected chi connectivity index (χ0v) is 11.6. The Morgan fingerprint density at radius 3 is 2.57 bits per heavy atom. The Bertz CT molecular complexity index is 667. The number of primary amides is 1. The SMILES string of the molecule is NCc1ccc(C(F)(F)F)c(Cc2nc(C(N)=O)cs2)c1. The number of rotatable bonds is 4. The van der Waals surface area contributed by atoms with Gasteiger partial charge in [0.2, 0.25) is 0 Å². The van der Waals surface area contributed by atoms with Crippen LogP contribution in [0.2, 0.25) is 0 Å². The number of alkyl halides is 3. The third kappa shape index (κ3) is 3.59. The van der Waals surface area contributed by atoms with Crippen LogP contribution < -0.4 is 11.5 Å². The van der Waals surface area contributed by atoms with Crippen molar-refractivity contribution in [3.63, 3.8) is 0 Å². The van der Waals surface area contributed by atoms with Crippen LogP contribution >= 0.6 is 11.3 Å². The maximum absolute atomic E-state index is 13.0. The van der Waals surface area contributed by atoms with E-state index in [9.17, 15) is 18.0 Å². The molecule has 2 aromatic rings. The summed E-state index contributed by atoms with van der Waals surface area (Å²) in [5.74, 6) is -0.704. The van der Waals surface area contributed by atoms with Gasteiger partial charge in [0.05, 0.1) is 10.6 Å². The molecule has 1 aromatic heterocycles. The molecule has 0 atom stereocenters. The number of nitrogens with two attached hydrogens (primary N) is 2. The highest BCUT2D eigenvalue weighted by Gasteiger charge is 2.33. The number of amides is 1. The molecular formula is C13H12F3N3OS. The highest BCUT2D eigenvalue weighted by atomic mass is 32.1. The fraction of sp³-hybridized carbons (Fsp3) is 0.231. The summed E-state index contributed by atoms with van der Waals surface area (Å²) < 4.78 is 39.0. The number of hydrogen-bond acceptors (Lipinski definition) is 4. The Kier molecular flexibility index (Phi) is 4.29. The number of nitrogens with zero attached hydrogens (tertiary/aromatic N) is 1. The Morgan fingerprint density at radius 1 is 1.33 bits per heavy atom. The minimum Gasteiger partial charge on any atom is -0.364 e. The van der Waals surface area contributed by atoms with Gasteiger partial charge in [0.25, 0.3) is 5.91 Å². The summed E-state index contributed by atoms with van der Waals surface area (Å²) in [6.45, 7) is 0.148. The van der Waals surface area contributed by atoms with Gasteiger partial charge in [-0.1, -0.05) is 12.1 Å². The molecule has 0 aliphatic heterocycles. The Hall–Kier alpha value is -1.93. The molecule has 0 saturated heterocycles. The standard InChI is InChI=1S/C13H12F3N3OS/c14-13(15,16)9-2-1-7(5-17)3-8(9)4-11-19-10(6-21-11)12(18)20/h1-3,6H,4-5,17H2,(H2,18,20). The van der Waals surface area contributed by atoms with Crippen molar-refractivity contribution in [2.24, 2.45) is 11.5 Å². The zero-order valence-electron chi connectivity index (χ0n) is 10.8.